The second-order valence-electron chi connectivity index (χ2n) is 7.52. The van der Waals surface area contributed by atoms with Gasteiger partial charge in [-0.05, 0) is 55.8 Å². The lowest BCUT2D eigenvalue weighted by atomic mass is 10.1. The van der Waals surface area contributed by atoms with Crippen LogP contribution in [0.5, 0.6) is 0 Å². The van der Waals surface area contributed by atoms with Gasteiger partial charge in [-0.25, -0.2) is 4.98 Å². The number of carbonyl (C=O) groups is 1. The van der Waals surface area contributed by atoms with E-state index in [-0.39, 0.29) is 18.1 Å². The maximum atomic E-state index is 12.6. The van der Waals surface area contributed by atoms with Crippen LogP contribution in [0, 0.1) is 0 Å². The van der Waals surface area contributed by atoms with E-state index in [0.717, 1.165) is 35.9 Å². The predicted octanol–water partition coefficient (Wildman–Crippen LogP) is 4.67. The molecular weight excluding hydrogens is 382 g/mol. The van der Waals surface area contributed by atoms with E-state index in [2.05, 4.69) is 29.0 Å². The number of morpholine rings is 1. The Morgan fingerprint density at radius 2 is 1.79 bits per heavy atom. The summed E-state index contributed by atoms with van der Waals surface area (Å²) < 4.78 is 5.79. The molecule has 4 rings (SSSR count). The number of nitrogens with one attached hydrogen (secondary N) is 1. The molecule has 0 bridgehead atoms. The zero-order valence-corrected chi connectivity index (χ0v) is 17.5. The molecule has 2 heterocycles. The van der Waals surface area contributed by atoms with Gasteiger partial charge in [0, 0.05) is 48.0 Å². The van der Waals surface area contributed by atoms with Crippen molar-refractivity contribution in [2.75, 3.05) is 18.4 Å². The first-order valence-electron chi connectivity index (χ1n) is 9.85. The molecule has 150 valence electrons. The number of rotatable bonds is 5. The van der Waals surface area contributed by atoms with Gasteiger partial charge >= 0.3 is 0 Å². The maximum absolute atomic E-state index is 12.6. The second-order valence-corrected chi connectivity index (χ2v) is 8.41. The monoisotopic (exact) mass is 407 g/mol. The van der Waals surface area contributed by atoms with Crippen LogP contribution >= 0.6 is 11.3 Å². The standard InChI is InChI=1S/C23H25N3O2S/c1-16-13-26(14-17(2)28-16)15-18-3-5-19(6-4-18)22(27)25-21-9-7-20(8-10-21)23-24-11-12-29-23/h3-12,16-17H,13-15H2,1-2H3,(H,25,27)/t16-,17+. The van der Waals surface area contributed by atoms with Crippen molar-refractivity contribution in [2.24, 2.45) is 0 Å². The summed E-state index contributed by atoms with van der Waals surface area (Å²) in [5.41, 5.74) is 3.68. The lowest BCUT2D eigenvalue weighted by molar-refractivity contribution is -0.0704. The molecule has 1 aliphatic heterocycles. The number of ether oxygens (including phenoxy) is 1. The summed E-state index contributed by atoms with van der Waals surface area (Å²) in [5, 5.41) is 5.89. The number of hydrogen-bond donors (Lipinski definition) is 1. The van der Waals surface area contributed by atoms with Gasteiger partial charge in [-0.15, -0.1) is 11.3 Å². The number of amides is 1. The Morgan fingerprint density at radius 1 is 1.10 bits per heavy atom. The van der Waals surface area contributed by atoms with Crippen molar-refractivity contribution in [1.82, 2.24) is 9.88 Å². The van der Waals surface area contributed by atoms with Gasteiger partial charge in [0.25, 0.3) is 5.91 Å². The van der Waals surface area contributed by atoms with Gasteiger partial charge in [0.1, 0.15) is 5.01 Å². The van der Waals surface area contributed by atoms with Crippen LogP contribution < -0.4 is 5.32 Å². The second kappa shape index (κ2) is 8.86. The van der Waals surface area contributed by atoms with E-state index in [9.17, 15) is 4.79 Å². The van der Waals surface area contributed by atoms with Gasteiger partial charge in [-0.1, -0.05) is 12.1 Å². The predicted molar refractivity (Wildman–Crippen MR) is 117 cm³/mol. The summed E-state index contributed by atoms with van der Waals surface area (Å²) in [6.45, 7) is 6.96. The Hall–Kier alpha value is -2.54. The molecule has 1 saturated heterocycles. The van der Waals surface area contributed by atoms with E-state index in [1.165, 1.54) is 5.56 Å². The van der Waals surface area contributed by atoms with Crippen LogP contribution in [0.4, 0.5) is 5.69 Å². The highest BCUT2D eigenvalue weighted by molar-refractivity contribution is 7.13. The van der Waals surface area contributed by atoms with Crippen molar-refractivity contribution in [3.8, 4) is 10.6 Å². The van der Waals surface area contributed by atoms with Crippen LogP contribution in [0.3, 0.4) is 0 Å². The fraction of sp³-hybridized carbons (Fsp3) is 0.304. The first kappa shape index (κ1) is 19.8. The van der Waals surface area contributed by atoms with Crippen LogP contribution in [0.1, 0.15) is 29.8 Å². The number of nitrogens with zero attached hydrogens (tertiary/aromatic N) is 2. The Balaban J connectivity index is 1.35. The first-order valence-corrected chi connectivity index (χ1v) is 10.7. The molecule has 1 amide bonds. The molecular formula is C23H25N3O2S. The molecule has 0 aliphatic carbocycles. The SMILES string of the molecule is C[C@@H]1CN(Cc2ccc(C(=O)Nc3ccc(-c4nccs4)cc3)cc2)C[C@H](C)O1. The number of carbonyl (C=O) groups excluding carboxylic acids is 1. The molecule has 0 spiro atoms. The molecule has 5 nitrogen and oxygen atoms in total. The summed E-state index contributed by atoms with van der Waals surface area (Å²) >= 11 is 1.60. The Bertz CT molecular complexity index is 929. The van der Waals surface area contributed by atoms with E-state index >= 15 is 0 Å². The molecule has 3 aromatic rings. The summed E-state index contributed by atoms with van der Waals surface area (Å²) in [4.78, 5) is 19.3. The van der Waals surface area contributed by atoms with Gasteiger partial charge in [-0.3, -0.25) is 9.69 Å². The maximum Gasteiger partial charge on any atom is 0.255 e. The minimum atomic E-state index is -0.104. The fourth-order valence-corrected chi connectivity index (χ4v) is 4.34. The smallest absolute Gasteiger partial charge is 0.255 e. The number of thiazole rings is 1. The highest BCUT2D eigenvalue weighted by Gasteiger charge is 2.22. The molecule has 2 aromatic carbocycles. The molecule has 2 atom stereocenters. The van der Waals surface area contributed by atoms with E-state index < -0.39 is 0 Å². The number of anilines is 1. The minimum Gasteiger partial charge on any atom is -0.373 e. The topological polar surface area (TPSA) is 54.5 Å². The molecule has 6 heteroatoms. The third-order valence-electron chi connectivity index (χ3n) is 4.94. The van der Waals surface area contributed by atoms with Crippen LogP contribution in [0.25, 0.3) is 10.6 Å². The van der Waals surface area contributed by atoms with Crippen LogP contribution in [-0.4, -0.2) is 41.1 Å². The highest BCUT2D eigenvalue weighted by atomic mass is 32.1. The van der Waals surface area contributed by atoms with Gasteiger partial charge in [0.15, 0.2) is 0 Å². The largest absolute Gasteiger partial charge is 0.373 e. The number of aromatic nitrogens is 1. The zero-order valence-electron chi connectivity index (χ0n) is 16.7. The van der Waals surface area contributed by atoms with Crippen LogP contribution in [0.2, 0.25) is 0 Å². The van der Waals surface area contributed by atoms with Crippen molar-refractivity contribution >= 4 is 22.9 Å². The molecule has 29 heavy (non-hydrogen) atoms. The van der Waals surface area contributed by atoms with E-state index in [1.807, 2.05) is 53.9 Å². The third kappa shape index (κ3) is 5.09. The van der Waals surface area contributed by atoms with Gasteiger partial charge in [-0.2, -0.15) is 0 Å². The minimum absolute atomic E-state index is 0.104. The molecule has 0 unspecified atom stereocenters. The Labute approximate surface area is 175 Å². The van der Waals surface area contributed by atoms with Crippen LogP contribution in [0.15, 0.2) is 60.1 Å². The van der Waals surface area contributed by atoms with Crippen molar-refractivity contribution in [1.29, 1.82) is 0 Å². The molecule has 1 aromatic heterocycles. The van der Waals surface area contributed by atoms with E-state index in [4.69, 9.17) is 4.74 Å². The molecule has 1 N–H and O–H groups in total. The average Bonchev–Trinajstić information content (AvgIpc) is 3.23. The average molecular weight is 408 g/mol. The quantitative estimate of drug-likeness (QED) is 0.668. The fourth-order valence-electron chi connectivity index (χ4n) is 3.70. The Kier molecular flexibility index (Phi) is 6.04. The summed E-state index contributed by atoms with van der Waals surface area (Å²) in [6.07, 6.45) is 2.30. The van der Waals surface area contributed by atoms with Crippen molar-refractivity contribution in [3.05, 3.63) is 71.2 Å². The number of benzene rings is 2. The lowest BCUT2D eigenvalue weighted by Crippen LogP contribution is -2.44. The van der Waals surface area contributed by atoms with E-state index in [1.54, 1.807) is 17.5 Å². The van der Waals surface area contributed by atoms with Crippen molar-refractivity contribution in [2.45, 2.75) is 32.6 Å². The highest BCUT2D eigenvalue weighted by Crippen LogP contribution is 2.23. The van der Waals surface area contributed by atoms with Crippen molar-refractivity contribution < 1.29 is 9.53 Å². The molecule has 0 saturated carbocycles. The summed E-state index contributed by atoms with van der Waals surface area (Å²) in [5.74, 6) is -0.104. The van der Waals surface area contributed by atoms with E-state index in [0.29, 0.717) is 5.56 Å². The third-order valence-corrected chi connectivity index (χ3v) is 5.76. The number of hydrogen-bond acceptors (Lipinski definition) is 5. The molecule has 1 aliphatic rings. The normalized spacial score (nSPS) is 19.8. The molecule has 1 fully saturated rings. The Morgan fingerprint density at radius 3 is 2.41 bits per heavy atom. The van der Waals surface area contributed by atoms with Gasteiger partial charge < -0.3 is 10.1 Å². The van der Waals surface area contributed by atoms with Crippen LogP contribution in [-0.2, 0) is 11.3 Å². The summed E-state index contributed by atoms with van der Waals surface area (Å²) in [6, 6.07) is 15.6. The molecule has 0 radical (unpaired) electrons. The first-order chi connectivity index (χ1) is 14.1. The van der Waals surface area contributed by atoms with Gasteiger partial charge in [0.05, 0.1) is 12.2 Å². The lowest BCUT2D eigenvalue weighted by Gasteiger charge is -2.35. The zero-order chi connectivity index (χ0) is 20.2. The summed E-state index contributed by atoms with van der Waals surface area (Å²) in [7, 11) is 0. The van der Waals surface area contributed by atoms with Gasteiger partial charge in [0.2, 0.25) is 0 Å². The van der Waals surface area contributed by atoms with Crippen molar-refractivity contribution in [3.63, 3.8) is 0 Å².